The molecule has 0 atom stereocenters. The maximum Gasteiger partial charge on any atom is 0.164 e. The van der Waals surface area contributed by atoms with E-state index in [4.69, 9.17) is 19.9 Å². The van der Waals surface area contributed by atoms with Crippen molar-refractivity contribution in [2.45, 2.75) is 0 Å². The van der Waals surface area contributed by atoms with Gasteiger partial charge in [-0.3, -0.25) is 0 Å². The van der Waals surface area contributed by atoms with Crippen molar-refractivity contribution < 1.29 is 0 Å². The molecular weight excluding hydrogens is 705 g/mol. The molecule has 0 amide bonds. The van der Waals surface area contributed by atoms with Gasteiger partial charge in [-0.25, -0.2) is 19.9 Å². The molecule has 0 aliphatic carbocycles. The van der Waals surface area contributed by atoms with Gasteiger partial charge in [0.1, 0.15) is 5.01 Å². The lowest BCUT2D eigenvalue weighted by Crippen LogP contribution is -2.00. The number of hydrogen-bond donors (Lipinski definition) is 0. The number of para-hydroxylation sites is 1. The maximum absolute atomic E-state index is 5.22. The highest BCUT2D eigenvalue weighted by Crippen LogP contribution is 2.44. The molecule has 11 rings (SSSR count). The standard InChI is InChI=1S/C46H26N4S3/c1-2-10-28(11-3-1)43-48-44(30-24-25-38-35(26-30)32-12-4-6-17-37(32)51-38)50-45(49-43)34-15-9-19-40-41(34)33-14-8-13-31(42(33)52-40)27-20-22-29(23-21-27)46-47-36-16-5-7-18-39(36)53-46/h1-26H. The third kappa shape index (κ3) is 5.16. The molecule has 7 aromatic carbocycles. The van der Waals surface area contributed by atoms with Gasteiger partial charge in [0.2, 0.25) is 0 Å². The average Bonchev–Trinajstić information content (AvgIpc) is 3.94. The van der Waals surface area contributed by atoms with Crippen LogP contribution in [0.1, 0.15) is 0 Å². The molecule has 4 aromatic heterocycles. The lowest BCUT2D eigenvalue weighted by Gasteiger charge is -2.10. The molecule has 0 saturated heterocycles. The summed E-state index contributed by atoms with van der Waals surface area (Å²) in [5, 5.41) is 5.87. The van der Waals surface area contributed by atoms with Crippen LogP contribution < -0.4 is 0 Å². The molecule has 7 heteroatoms. The minimum atomic E-state index is 0.659. The predicted octanol–water partition coefficient (Wildman–Crippen LogP) is 13.6. The number of rotatable bonds is 5. The molecule has 0 bridgehead atoms. The summed E-state index contributed by atoms with van der Waals surface area (Å²) >= 11 is 5.37. The smallest absolute Gasteiger partial charge is 0.164 e. The third-order valence-corrected chi connectivity index (χ3v) is 13.2. The molecule has 0 aliphatic heterocycles. The Kier molecular flexibility index (Phi) is 7.05. The van der Waals surface area contributed by atoms with Crippen LogP contribution in [0.25, 0.3) is 106 Å². The Morgan fingerprint density at radius 3 is 1.85 bits per heavy atom. The first kappa shape index (κ1) is 30.5. The SMILES string of the molecule is c1ccc(-c2nc(-c3ccc4sc5ccccc5c4c3)nc(-c3cccc4sc5c(-c6ccc(-c7nc8ccccc8s7)cc6)cccc5c34)n2)cc1. The van der Waals surface area contributed by atoms with Gasteiger partial charge in [-0.1, -0.05) is 115 Å². The van der Waals surface area contributed by atoms with Crippen molar-refractivity contribution >= 4 is 84.6 Å². The third-order valence-electron chi connectivity index (χ3n) is 9.80. The first-order valence-corrected chi connectivity index (χ1v) is 19.8. The highest BCUT2D eigenvalue weighted by atomic mass is 32.1. The van der Waals surface area contributed by atoms with Crippen molar-refractivity contribution in [1.29, 1.82) is 0 Å². The fourth-order valence-corrected chi connectivity index (χ4v) is 10.6. The van der Waals surface area contributed by atoms with Crippen LogP contribution in [-0.4, -0.2) is 19.9 Å². The Bertz CT molecular complexity index is 3140. The number of thiazole rings is 1. The average molecular weight is 731 g/mol. The molecule has 0 saturated carbocycles. The number of aromatic nitrogens is 4. The fraction of sp³-hybridized carbons (Fsp3) is 0. The molecular formula is C46H26N4S3. The molecule has 4 heterocycles. The Hall–Kier alpha value is -6.12. The van der Waals surface area contributed by atoms with Crippen molar-refractivity contribution in [1.82, 2.24) is 19.9 Å². The second-order valence-corrected chi connectivity index (χ2v) is 16.2. The van der Waals surface area contributed by atoms with E-state index in [-0.39, 0.29) is 0 Å². The fourth-order valence-electron chi connectivity index (χ4n) is 7.26. The topological polar surface area (TPSA) is 51.6 Å². The van der Waals surface area contributed by atoms with Gasteiger partial charge in [0, 0.05) is 62.6 Å². The normalized spacial score (nSPS) is 11.8. The number of fused-ring (bicyclic) bond motifs is 7. The van der Waals surface area contributed by atoms with Crippen LogP contribution in [0.3, 0.4) is 0 Å². The molecule has 248 valence electrons. The lowest BCUT2D eigenvalue weighted by molar-refractivity contribution is 1.08. The van der Waals surface area contributed by atoms with Crippen LogP contribution in [0, 0.1) is 0 Å². The van der Waals surface area contributed by atoms with E-state index in [1.54, 1.807) is 11.3 Å². The summed E-state index contributed by atoms with van der Waals surface area (Å²) in [5.74, 6) is 1.99. The van der Waals surface area contributed by atoms with Crippen molar-refractivity contribution in [3.05, 3.63) is 158 Å². The van der Waals surface area contributed by atoms with E-state index in [0.29, 0.717) is 17.5 Å². The second-order valence-electron chi connectivity index (χ2n) is 13.0. The minimum absolute atomic E-state index is 0.659. The minimum Gasteiger partial charge on any atom is -0.236 e. The summed E-state index contributed by atoms with van der Waals surface area (Å²) in [5.41, 5.74) is 7.49. The van der Waals surface area contributed by atoms with E-state index in [9.17, 15) is 0 Å². The molecule has 0 N–H and O–H groups in total. The van der Waals surface area contributed by atoms with E-state index in [0.717, 1.165) is 38.2 Å². The van der Waals surface area contributed by atoms with Crippen molar-refractivity contribution in [3.8, 4) is 55.9 Å². The van der Waals surface area contributed by atoms with Crippen LogP contribution in [0.15, 0.2) is 158 Å². The Morgan fingerprint density at radius 2 is 0.981 bits per heavy atom. The first-order chi connectivity index (χ1) is 26.2. The Morgan fingerprint density at radius 1 is 0.340 bits per heavy atom. The summed E-state index contributed by atoms with van der Waals surface area (Å²) in [6, 6.07) is 55.6. The van der Waals surface area contributed by atoms with Gasteiger partial charge >= 0.3 is 0 Å². The summed E-state index contributed by atoms with van der Waals surface area (Å²) in [7, 11) is 0. The van der Waals surface area contributed by atoms with E-state index < -0.39 is 0 Å². The molecule has 4 nitrogen and oxygen atoms in total. The Labute approximate surface area is 316 Å². The highest BCUT2D eigenvalue weighted by molar-refractivity contribution is 7.26. The van der Waals surface area contributed by atoms with Crippen LogP contribution >= 0.6 is 34.0 Å². The molecule has 53 heavy (non-hydrogen) atoms. The van der Waals surface area contributed by atoms with Crippen molar-refractivity contribution in [3.63, 3.8) is 0 Å². The van der Waals surface area contributed by atoms with Crippen LogP contribution in [0.4, 0.5) is 0 Å². The molecule has 0 spiro atoms. The van der Waals surface area contributed by atoms with E-state index in [2.05, 4.69) is 133 Å². The number of thiophene rings is 2. The Balaban J connectivity index is 1.06. The van der Waals surface area contributed by atoms with Crippen molar-refractivity contribution in [2.75, 3.05) is 0 Å². The van der Waals surface area contributed by atoms with Crippen LogP contribution in [0.5, 0.6) is 0 Å². The zero-order valence-corrected chi connectivity index (χ0v) is 30.5. The van der Waals surface area contributed by atoms with Gasteiger partial charge in [-0.05, 0) is 53.6 Å². The number of hydrogen-bond acceptors (Lipinski definition) is 7. The van der Waals surface area contributed by atoms with Crippen LogP contribution in [-0.2, 0) is 0 Å². The number of nitrogens with zero attached hydrogens (tertiary/aromatic N) is 4. The van der Waals surface area contributed by atoms with Gasteiger partial charge in [-0.2, -0.15) is 0 Å². The highest BCUT2D eigenvalue weighted by Gasteiger charge is 2.19. The summed E-state index contributed by atoms with van der Waals surface area (Å²) in [4.78, 5) is 20.3. The summed E-state index contributed by atoms with van der Waals surface area (Å²) in [6.45, 7) is 0. The van der Waals surface area contributed by atoms with Gasteiger partial charge in [-0.15, -0.1) is 34.0 Å². The first-order valence-electron chi connectivity index (χ1n) is 17.4. The molecule has 11 aromatic rings. The molecule has 0 radical (unpaired) electrons. The van der Waals surface area contributed by atoms with Gasteiger partial charge in [0.05, 0.1) is 10.2 Å². The zero-order chi connectivity index (χ0) is 34.9. The van der Waals surface area contributed by atoms with Gasteiger partial charge in [0.25, 0.3) is 0 Å². The number of benzene rings is 7. The summed E-state index contributed by atoms with van der Waals surface area (Å²) in [6.07, 6.45) is 0. The van der Waals surface area contributed by atoms with Crippen molar-refractivity contribution in [2.24, 2.45) is 0 Å². The largest absolute Gasteiger partial charge is 0.236 e. The van der Waals surface area contributed by atoms with E-state index in [1.165, 1.54) is 50.8 Å². The predicted molar refractivity (Wildman–Crippen MR) is 226 cm³/mol. The second kappa shape index (κ2) is 12.2. The molecule has 0 aliphatic rings. The monoisotopic (exact) mass is 730 g/mol. The van der Waals surface area contributed by atoms with Gasteiger partial charge in [0.15, 0.2) is 17.5 Å². The quantitative estimate of drug-likeness (QED) is 0.177. The van der Waals surface area contributed by atoms with E-state index in [1.807, 2.05) is 46.9 Å². The zero-order valence-electron chi connectivity index (χ0n) is 28.0. The molecule has 0 fully saturated rings. The maximum atomic E-state index is 5.22. The summed E-state index contributed by atoms with van der Waals surface area (Å²) < 4.78 is 6.18. The lowest BCUT2D eigenvalue weighted by atomic mass is 9.99. The molecule has 0 unspecified atom stereocenters. The van der Waals surface area contributed by atoms with Gasteiger partial charge < -0.3 is 0 Å². The van der Waals surface area contributed by atoms with E-state index >= 15 is 0 Å². The van der Waals surface area contributed by atoms with Crippen LogP contribution in [0.2, 0.25) is 0 Å².